The molecule has 0 spiro atoms. The van der Waals surface area contributed by atoms with Crippen LogP contribution in [-0.4, -0.2) is 63.5 Å². The molecule has 22 heavy (non-hydrogen) atoms. The summed E-state index contributed by atoms with van der Waals surface area (Å²) in [7, 11) is 1.32. The summed E-state index contributed by atoms with van der Waals surface area (Å²) in [6.45, 7) is 3.26. The molecule has 1 N–H and O–H groups in total. The molecule has 0 aliphatic carbocycles. The van der Waals surface area contributed by atoms with Crippen molar-refractivity contribution in [2.75, 3.05) is 46.5 Å². The summed E-state index contributed by atoms with van der Waals surface area (Å²) in [5, 5.41) is 3.17. The van der Waals surface area contributed by atoms with E-state index in [4.69, 9.17) is 9.47 Å². The second kappa shape index (κ2) is 8.23. The van der Waals surface area contributed by atoms with Crippen LogP contribution >= 0.6 is 0 Å². The Labute approximate surface area is 129 Å². The molecular weight excluding hydrogens is 288 g/mol. The van der Waals surface area contributed by atoms with Crippen LogP contribution in [0.4, 0.5) is 4.79 Å². The predicted molar refractivity (Wildman–Crippen MR) is 79.1 cm³/mol. The first-order chi connectivity index (χ1) is 10.7. The molecule has 0 unspecified atom stereocenters. The first-order valence-electron chi connectivity index (χ1n) is 7.14. The van der Waals surface area contributed by atoms with Crippen molar-refractivity contribution in [3.63, 3.8) is 0 Å². The van der Waals surface area contributed by atoms with Gasteiger partial charge in [-0.05, 0) is 18.2 Å². The van der Waals surface area contributed by atoms with Crippen LogP contribution in [0.15, 0.2) is 24.3 Å². The van der Waals surface area contributed by atoms with Crippen molar-refractivity contribution >= 4 is 12.1 Å². The topological polar surface area (TPSA) is 77.1 Å². The van der Waals surface area contributed by atoms with Gasteiger partial charge >= 0.3 is 12.1 Å². The molecule has 120 valence electrons. The number of carbonyl (C=O) groups excluding carboxylic acids is 2. The third-order valence-electron chi connectivity index (χ3n) is 3.21. The molecule has 2 rings (SSSR count). The van der Waals surface area contributed by atoms with Gasteiger partial charge in [-0.3, -0.25) is 0 Å². The highest BCUT2D eigenvalue weighted by molar-refractivity contribution is 5.89. The van der Waals surface area contributed by atoms with Crippen molar-refractivity contribution in [1.29, 1.82) is 0 Å². The van der Waals surface area contributed by atoms with E-state index >= 15 is 0 Å². The number of benzene rings is 1. The number of hydrogen-bond acceptors (Lipinski definition) is 6. The molecule has 1 aliphatic rings. The Kier molecular flexibility index (Phi) is 6.02. The van der Waals surface area contributed by atoms with Crippen LogP contribution in [0.25, 0.3) is 0 Å². The lowest BCUT2D eigenvalue weighted by atomic mass is 10.2. The SMILES string of the molecule is COC(=O)c1cccc(OCCOC(=O)N2CCNCC2)c1. The van der Waals surface area contributed by atoms with E-state index in [0.29, 0.717) is 24.4 Å². The van der Waals surface area contributed by atoms with Gasteiger partial charge in [0.1, 0.15) is 19.0 Å². The van der Waals surface area contributed by atoms with Gasteiger partial charge in [0, 0.05) is 26.2 Å². The van der Waals surface area contributed by atoms with Gasteiger partial charge in [0.2, 0.25) is 0 Å². The summed E-state index contributed by atoms with van der Waals surface area (Å²) < 4.78 is 15.2. The first-order valence-corrected chi connectivity index (χ1v) is 7.14. The number of ether oxygens (including phenoxy) is 3. The van der Waals surface area contributed by atoms with Crippen molar-refractivity contribution in [2.45, 2.75) is 0 Å². The Hall–Kier alpha value is -2.28. The first kappa shape index (κ1) is 16.1. The van der Waals surface area contributed by atoms with Crippen LogP contribution in [0.5, 0.6) is 5.75 Å². The molecular formula is C15H20N2O5. The smallest absolute Gasteiger partial charge is 0.409 e. The zero-order valence-electron chi connectivity index (χ0n) is 12.5. The Bertz CT molecular complexity index is 514. The number of piperazine rings is 1. The Morgan fingerprint density at radius 2 is 2.00 bits per heavy atom. The molecule has 0 saturated carbocycles. The summed E-state index contributed by atoms with van der Waals surface area (Å²) in [5.41, 5.74) is 0.415. The van der Waals surface area contributed by atoms with Crippen molar-refractivity contribution < 1.29 is 23.8 Å². The van der Waals surface area contributed by atoms with Gasteiger partial charge in [0.05, 0.1) is 12.7 Å². The van der Waals surface area contributed by atoms with Gasteiger partial charge < -0.3 is 24.4 Å². The monoisotopic (exact) mass is 308 g/mol. The zero-order valence-corrected chi connectivity index (χ0v) is 12.5. The summed E-state index contributed by atoms with van der Waals surface area (Å²) in [4.78, 5) is 24.8. The van der Waals surface area contributed by atoms with Gasteiger partial charge in [0.25, 0.3) is 0 Å². The molecule has 0 aromatic heterocycles. The van der Waals surface area contributed by atoms with Crippen molar-refractivity contribution in [3.8, 4) is 5.75 Å². The van der Waals surface area contributed by atoms with Gasteiger partial charge in [-0.25, -0.2) is 9.59 Å². The summed E-state index contributed by atoms with van der Waals surface area (Å²) in [5.74, 6) is 0.108. The third-order valence-corrected chi connectivity index (χ3v) is 3.21. The predicted octanol–water partition coefficient (Wildman–Crippen LogP) is 0.894. The summed E-state index contributed by atoms with van der Waals surface area (Å²) in [6, 6.07) is 6.66. The average Bonchev–Trinajstić information content (AvgIpc) is 2.59. The van der Waals surface area contributed by atoms with Crippen LogP contribution in [0, 0.1) is 0 Å². The maximum Gasteiger partial charge on any atom is 0.409 e. The highest BCUT2D eigenvalue weighted by Gasteiger charge is 2.17. The van der Waals surface area contributed by atoms with E-state index in [2.05, 4.69) is 10.1 Å². The molecule has 1 amide bonds. The Morgan fingerprint density at radius 1 is 1.23 bits per heavy atom. The average molecular weight is 308 g/mol. The molecule has 0 radical (unpaired) electrons. The van der Waals surface area contributed by atoms with Crippen molar-refractivity contribution in [3.05, 3.63) is 29.8 Å². The zero-order chi connectivity index (χ0) is 15.8. The molecule has 7 nitrogen and oxygen atoms in total. The van der Waals surface area contributed by atoms with Gasteiger partial charge in [-0.1, -0.05) is 6.07 Å². The molecule has 1 aromatic carbocycles. The fraction of sp³-hybridized carbons (Fsp3) is 0.467. The quantitative estimate of drug-likeness (QED) is 0.643. The van der Waals surface area contributed by atoms with Crippen LogP contribution in [0.1, 0.15) is 10.4 Å². The molecule has 1 aliphatic heterocycles. The molecule has 0 atom stereocenters. The van der Waals surface area contributed by atoms with E-state index in [-0.39, 0.29) is 19.3 Å². The maximum atomic E-state index is 11.8. The number of nitrogens with one attached hydrogen (secondary N) is 1. The van der Waals surface area contributed by atoms with Crippen molar-refractivity contribution in [2.24, 2.45) is 0 Å². The molecule has 1 fully saturated rings. The number of esters is 1. The van der Waals surface area contributed by atoms with E-state index in [1.807, 2.05) is 0 Å². The Morgan fingerprint density at radius 3 is 2.73 bits per heavy atom. The fourth-order valence-corrected chi connectivity index (χ4v) is 2.06. The standard InChI is InChI=1S/C15H20N2O5/c1-20-14(18)12-3-2-4-13(11-12)21-9-10-22-15(19)17-7-5-16-6-8-17/h2-4,11,16H,5-10H2,1H3. The van der Waals surface area contributed by atoms with Gasteiger partial charge in [-0.15, -0.1) is 0 Å². The molecule has 1 heterocycles. The number of rotatable bonds is 5. The molecule has 1 saturated heterocycles. The second-order valence-corrected chi connectivity index (χ2v) is 4.72. The number of amides is 1. The largest absolute Gasteiger partial charge is 0.490 e. The fourth-order valence-electron chi connectivity index (χ4n) is 2.06. The maximum absolute atomic E-state index is 11.8. The molecule has 7 heteroatoms. The van der Waals surface area contributed by atoms with Crippen LogP contribution < -0.4 is 10.1 Å². The number of carbonyl (C=O) groups is 2. The van der Waals surface area contributed by atoms with E-state index < -0.39 is 5.97 Å². The minimum absolute atomic E-state index is 0.158. The van der Waals surface area contributed by atoms with Crippen LogP contribution in [0.2, 0.25) is 0 Å². The lowest BCUT2D eigenvalue weighted by molar-refractivity contribution is 0.0600. The van der Waals surface area contributed by atoms with Crippen LogP contribution in [-0.2, 0) is 9.47 Å². The Balaban J connectivity index is 1.72. The number of hydrogen-bond donors (Lipinski definition) is 1. The highest BCUT2D eigenvalue weighted by atomic mass is 16.6. The van der Waals surface area contributed by atoms with E-state index in [9.17, 15) is 9.59 Å². The number of nitrogens with zero attached hydrogens (tertiary/aromatic N) is 1. The lowest BCUT2D eigenvalue weighted by Crippen LogP contribution is -2.46. The minimum Gasteiger partial charge on any atom is -0.490 e. The van der Waals surface area contributed by atoms with Gasteiger partial charge in [0.15, 0.2) is 0 Å². The normalized spacial score (nSPS) is 14.3. The van der Waals surface area contributed by atoms with Crippen molar-refractivity contribution in [1.82, 2.24) is 10.2 Å². The highest BCUT2D eigenvalue weighted by Crippen LogP contribution is 2.14. The molecule has 1 aromatic rings. The van der Waals surface area contributed by atoms with Crippen LogP contribution in [0.3, 0.4) is 0 Å². The summed E-state index contributed by atoms with van der Waals surface area (Å²) in [6.07, 6.45) is -0.326. The second-order valence-electron chi connectivity index (χ2n) is 4.72. The third kappa shape index (κ3) is 4.63. The lowest BCUT2D eigenvalue weighted by Gasteiger charge is -2.26. The van der Waals surface area contributed by atoms with Gasteiger partial charge in [-0.2, -0.15) is 0 Å². The van der Waals surface area contributed by atoms with E-state index in [1.54, 1.807) is 29.2 Å². The van der Waals surface area contributed by atoms with E-state index in [1.165, 1.54) is 7.11 Å². The minimum atomic E-state index is -0.421. The number of methoxy groups -OCH3 is 1. The van der Waals surface area contributed by atoms with E-state index in [0.717, 1.165) is 13.1 Å². The molecule has 0 bridgehead atoms. The summed E-state index contributed by atoms with van der Waals surface area (Å²) >= 11 is 0.